The number of benzene rings is 2. The van der Waals surface area contributed by atoms with Crippen LogP contribution in [-0.4, -0.2) is 17.9 Å². The van der Waals surface area contributed by atoms with Crippen LogP contribution in [0.2, 0.25) is 0 Å². The number of hydrogen-bond acceptors (Lipinski definition) is 4. The van der Waals surface area contributed by atoms with Gasteiger partial charge in [-0.25, -0.2) is 0 Å². The number of nitrogens with zero attached hydrogens (tertiary/aromatic N) is 1. The molecule has 2 atom stereocenters. The number of carbonyl (C=O) groups is 2. The standard InChI is InChI=1S/C20H19N3O3/c21-12-18(23-20(25)17-10-11-19(24)22-17)15-6-8-16(9-7-15)26-13-14-4-2-1-3-5-14/h1-9,17-18H,10-11,13H2,(H,22,24)(H,23,25)/t17-,18-/m1/s1. The molecule has 2 amide bonds. The molecular weight excluding hydrogens is 330 g/mol. The molecule has 0 radical (unpaired) electrons. The molecule has 2 N–H and O–H groups in total. The second-order valence-electron chi connectivity index (χ2n) is 6.07. The molecule has 1 heterocycles. The highest BCUT2D eigenvalue weighted by Gasteiger charge is 2.28. The lowest BCUT2D eigenvalue weighted by Gasteiger charge is -2.16. The minimum atomic E-state index is -0.775. The molecule has 1 aliphatic heterocycles. The number of nitrogens with one attached hydrogen (secondary N) is 2. The molecule has 0 bridgehead atoms. The molecule has 1 aliphatic rings. The van der Waals surface area contributed by atoms with Gasteiger partial charge in [0.15, 0.2) is 0 Å². The molecule has 132 valence electrons. The molecule has 0 aliphatic carbocycles. The van der Waals surface area contributed by atoms with E-state index in [0.29, 0.717) is 30.8 Å². The maximum Gasteiger partial charge on any atom is 0.243 e. The summed E-state index contributed by atoms with van der Waals surface area (Å²) >= 11 is 0. The van der Waals surface area contributed by atoms with E-state index in [-0.39, 0.29) is 11.8 Å². The largest absolute Gasteiger partial charge is 0.489 e. The quantitative estimate of drug-likeness (QED) is 0.836. The van der Waals surface area contributed by atoms with Crippen LogP contribution in [0.4, 0.5) is 0 Å². The molecule has 2 aromatic rings. The monoisotopic (exact) mass is 349 g/mol. The van der Waals surface area contributed by atoms with E-state index in [1.54, 1.807) is 24.3 Å². The summed E-state index contributed by atoms with van der Waals surface area (Å²) in [4.78, 5) is 23.4. The van der Waals surface area contributed by atoms with Crippen molar-refractivity contribution in [2.75, 3.05) is 0 Å². The van der Waals surface area contributed by atoms with Crippen LogP contribution in [-0.2, 0) is 16.2 Å². The van der Waals surface area contributed by atoms with E-state index in [1.165, 1.54) is 0 Å². The highest BCUT2D eigenvalue weighted by Crippen LogP contribution is 2.19. The van der Waals surface area contributed by atoms with E-state index in [2.05, 4.69) is 16.7 Å². The van der Waals surface area contributed by atoms with Crippen molar-refractivity contribution in [2.24, 2.45) is 0 Å². The third-order valence-electron chi connectivity index (χ3n) is 4.19. The van der Waals surface area contributed by atoms with Crippen molar-refractivity contribution >= 4 is 11.8 Å². The fourth-order valence-electron chi connectivity index (χ4n) is 2.74. The molecule has 2 aromatic carbocycles. The first kappa shape index (κ1) is 17.5. The number of hydrogen-bond donors (Lipinski definition) is 2. The lowest BCUT2D eigenvalue weighted by molar-refractivity contribution is -0.126. The summed E-state index contributed by atoms with van der Waals surface area (Å²) < 4.78 is 5.72. The first-order valence-electron chi connectivity index (χ1n) is 8.42. The fourth-order valence-corrected chi connectivity index (χ4v) is 2.74. The predicted molar refractivity (Wildman–Crippen MR) is 94.9 cm³/mol. The Balaban J connectivity index is 1.58. The maximum atomic E-state index is 12.2. The van der Waals surface area contributed by atoms with Crippen molar-refractivity contribution in [3.8, 4) is 11.8 Å². The molecule has 1 fully saturated rings. The molecule has 6 heteroatoms. The van der Waals surface area contributed by atoms with Gasteiger partial charge < -0.3 is 15.4 Å². The van der Waals surface area contributed by atoms with Gasteiger partial charge in [0.05, 0.1) is 6.07 Å². The SMILES string of the molecule is N#C[C@@H](NC(=O)[C@H]1CCC(=O)N1)c1ccc(OCc2ccccc2)cc1. The van der Waals surface area contributed by atoms with Gasteiger partial charge in [0, 0.05) is 6.42 Å². The number of nitriles is 1. The van der Waals surface area contributed by atoms with Gasteiger partial charge >= 0.3 is 0 Å². The summed E-state index contributed by atoms with van der Waals surface area (Å²) in [6, 6.07) is 17.6. The lowest BCUT2D eigenvalue weighted by atomic mass is 10.1. The van der Waals surface area contributed by atoms with E-state index in [0.717, 1.165) is 5.56 Å². The van der Waals surface area contributed by atoms with E-state index >= 15 is 0 Å². The minimum Gasteiger partial charge on any atom is -0.489 e. The fraction of sp³-hybridized carbons (Fsp3) is 0.250. The zero-order valence-corrected chi connectivity index (χ0v) is 14.1. The Morgan fingerprint density at radius 3 is 2.58 bits per heavy atom. The predicted octanol–water partition coefficient (Wildman–Crippen LogP) is 2.23. The first-order valence-corrected chi connectivity index (χ1v) is 8.42. The normalized spacial score (nSPS) is 17.0. The Morgan fingerprint density at radius 2 is 1.96 bits per heavy atom. The number of carbonyl (C=O) groups excluding carboxylic acids is 2. The van der Waals surface area contributed by atoms with Crippen LogP contribution in [0.3, 0.4) is 0 Å². The molecular formula is C20H19N3O3. The summed E-state index contributed by atoms with van der Waals surface area (Å²) in [5, 5.41) is 14.6. The Hall–Kier alpha value is -3.33. The third kappa shape index (κ3) is 4.39. The number of amides is 2. The molecule has 0 saturated carbocycles. The van der Waals surface area contributed by atoms with Crippen LogP contribution in [0.25, 0.3) is 0 Å². The zero-order chi connectivity index (χ0) is 18.4. The highest BCUT2D eigenvalue weighted by atomic mass is 16.5. The van der Waals surface area contributed by atoms with Crippen molar-refractivity contribution in [2.45, 2.75) is 31.5 Å². The molecule has 0 spiro atoms. The summed E-state index contributed by atoms with van der Waals surface area (Å²) in [6.45, 7) is 0.458. The summed E-state index contributed by atoms with van der Waals surface area (Å²) in [5.41, 5.74) is 1.73. The molecule has 0 aromatic heterocycles. The van der Waals surface area contributed by atoms with Gasteiger partial charge in [-0.3, -0.25) is 9.59 Å². The maximum absolute atomic E-state index is 12.2. The van der Waals surface area contributed by atoms with E-state index < -0.39 is 12.1 Å². The second-order valence-corrected chi connectivity index (χ2v) is 6.07. The Bertz CT molecular complexity index is 812. The Labute approximate surface area is 151 Å². The second kappa shape index (κ2) is 8.17. The van der Waals surface area contributed by atoms with Crippen LogP contribution >= 0.6 is 0 Å². The molecule has 3 rings (SSSR count). The van der Waals surface area contributed by atoms with Crippen LogP contribution in [0.15, 0.2) is 54.6 Å². The molecule has 1 saturated heterocycles. The summed E-state index contributed by atoms with van der Waals surface area (Å²) in [7, 11) is 0. The average molecular weight is 349 g/mol. The van der Waals surface area contributed by atoms with E-state index in [4.69, 9.17) is 4.74 Å². The van der Waals surface area contributed by atoms with Gasteiger partial charge in [-0.2, -0.15) is 5.26 Å². The van der Waals surface area contributed by atoms with Crippen molar-refractivity contribution < 1.29 is 14.3 Å². The molecule has 26 heavy (non-hydrogen) atoms. The number of rotatable bonds is 6. The van der Waals surface area contributed by atoms with Gasteiger partial charge in [-0.15, -0.1) is 0 Å². The summed E-state index contributed by atoms with van der Waals surface area (Å²) in [5.74, 6) is 0.203. The van der Waals surface area contributed by atoms with Gasteiger partial charge in [0.1, 0.15) is 24.4 Å². The van der Waals surface area contributed by atoms with Gasteiger partial charge in [-0.05, 0) is 29.7 Å². The van der Waals surface area contributed by atoms with Crippen LogP contribution < -0.4 is 15.4 Å². The van der Waals surface area contributed by atoms with Crippen molar-refractivity contribution in [1.82, 2.24) is 10.6 Å². The van der Waals surface area contributed by atoms with Crippen molar-refractivity contribution in [3.05, 3.63) is 65.7 Å². The number of ether oxygens (including phenoxy) is 1. The Kier molecular flexibility index (Phi) is 5.49. The smallest absolute Gasteiger partial charge is 0.243 e. The van der Waals surface area contributed by atoms with Gasteiger partial charge in [-0.1, -0.05) is 42.5 Å². The topological polar surface area (TPSA) is 91.2 Å². The van der Waals surface area contributed by atoms with Gasteiger partial charge in [0.25, 0.3) is 0 Å². The van der Waals surface area contributed by atoms with E-state index in [9.17, 15) is 14.9 Å². The first-order chi connectivity index (χ1) is 12.7. The summed E-state index contributed by atoms with van der Waals surface area (Å²) in [6.07, 6.45) is 0.790. The molecule has 0 unspecified atom stereocenters. The highest BCUT2D eigenvalue weighted by molar-refractivity contribution is 5.91. The average Bonchev–Trinajstić information content (AvgIpc) is 3.12. The lowest BCUT2D eigenvalue weighted by Crippen LogP contribution is -2.42. The van der Waals surface area contributed by atoms with Crippen LogP contribution in [0.1, 0.15) is 30.0 Å². The molecule has 6 nitrogen and oxygen atoms in total. The Morgan fingerprint density at radius 1 is 1.23 bits per heavy atom. The van der Waals surface area contributed by atoms with Crippen molar-refractivity contribution in [1.29, 1.82) is 5.26 Å². The van der Waals surface area contributed by atoms with Gasteiger partial charge in [0.2, 0.25) is 11.8 Å². The van der Waals surface area contributed by atoms with Crippen LogP contribution in [0, 0.1) is 11.3 Å². The third-order valence-corrected chi connectivity index (χ3v) is 4.19. The van der Waals surface area contributed by atoms with E-state index in [1.807, 2.05) is 30.3 Å². The van der Waals surface area contributed by atoms with Crippen molar-refractivity contribution in [3.63, 3.8) is 0 Å². The zero-order valence-electron chi connectivity index (χ0n) is 14.1. The van der Waals surface area contributed by atoms with Crippen LogP contribution in [0.5, 0.6) is 5.75 Å². The minimum absolute atomic E-state index is 0.140.